The number of carbonyl (C=O) groups is 5. The lowest BCUT2D eigenvalue weighted by Crippen LogP contribution is -2.52. The zero-order chi connectivity index (χ0) is 42.9. The first kappa shape index (κ1) is 44.2. The Bertz CT molecular complexity index is 2050. The maximum absolute atomic E-state index is 14.0. The smallest absolute Gasteiger partial charge is 0.255 e. The summed E-state index contributed by atoms with van der Waals surface area (Å²) in [4.78, 5) is 78.6. The van der Waals surface area contributed by atoms with Crippen molar-refractivity contribution in [1.82, 2.24) is 25.1 Å². The fourth-order valence-electron chi connectivity index (χ4n) is 9.54. The summed E-state index contributed by atoms with van der Waals surface area (Å²) in [6.07, 6.45) is 13.0. The van der Waals surface area contributed by atoms with E-state index in [1.807, 2.05) is 41.3 Å². The first-order valence-electron chi connectivity index (χ1n) is 22.4. The average Bonchev–Trinajstić information content (AvgIpc) is 3.75. The number of imide groups is 1. The van der Waals surface area contributed by atoms with Gasteiger partial charge < -0.3 is 25.1 Å². The molecule has 4 amide bonds. The molecular weight excluding hydrogens is 794 g/mol. The van der Waals surface area contributed by atoms with E-state index in [1.165, 1.54) is 6.33 Å². The molecule has 2 saturated heterocycles. The monoisotopic (exact) mass is 853 g/mol. The summed E-state index contributed by atoms with van der Waals surface area (Å²) in [7, 11) is 0. The number of aromatic nitrogens is 2. The number of piperazine rings is 1. The third kappa shape index (κ3) is 10.8. The standard InChI is InChI=1S/C47H60ClN7O6/c1-31-28-40(57)43-42(31)44(51-30-50-43)53-24-26-54(27-25-53)46(60)35(32-17-19-33(48)20-18-32)14-9-8-13-34(56)12-7-5-3-2-4-6-10-23-49-38-16-11-15-36-37(38)29-55(47(36)61)39-21-22-41(58)52-45(39)59/h11,15-20,30-31,35,39-40,49,57H,2-10,12-14,21-29H2,1H3,(H,52,58,59)/t31-,35-,39?,40-/m1/s1. The number of hydrogen-bond acceptors (Lipinski definition) is 10. The Kier molecular flexibility index (Phi) is 15.1. The number of rotatable bonds is 20. The second-order valence-electron chi connectivity index (χ2n) is 17.2. The average molecular weight is 854 g/mol. The van der Waals surface area contributed by atoms with Crippen LogP contribution in [0.1, 0.15) is 154 Å². The van der Waals surface area contributed by atoms with E-state index in [0.717, 1.165) is 98.2 Å². The van der Waals surface area contributed by atoms with Crippen molar-refractivity contribution in [2.24, 2.45) is 0 Å². The first-order chi connectivity index (χ1) is 29.6. The number of fused-ring (bicyclic) bond motifs is 2. The molecule has 2 aromatic carbocycles. The highest BCUT2D eigenvalue weighted by molar-refractivity contribution is 6.30. The SMILES string of the molecule is C[C@@H]1C[C@@H](O)c2ncnc(N3CCN(C(=O)[C@H](CCCCC(=O)CCCCCCCCCNc4cccc5c4CN(C4CCC(=O)NC4=O)C5=O)c4ccc(Cl)cc4)CC3)c21. The van der Waals surface area contributed by atoms with Gasteiger partial charge in [0, 0.05) is 85.9 Å². The number of benzene rings is 2. The molecular formula is C47H60ClN7O6. The topological polar surface area (TPSA) is 165 Å². The molecule has 1 aromatic heterocycles. The van der Waals surface area contributed by atoms with E-state index in [-0.39, 0.29) is 36.0 Å². The Morgan fingerprint density at radius 3 is 2.34 bits per heavy atom. The maximum atomic E-state index is 14.0. The number of hydrogen-bond donors (Lipinski definition) is 3. The van der Waals surface area contributed by atoms with Crippen LogP contribution >= 0.6 is 11.6 Å². The van der Waals surface area contributed by atoms with E-state index in [2.05, 4.69) is 32.4 Å². The summed E-state index contributed by atoms with van der Waals surface area (Å²) in [6, 6.07) is 12.6. The fourth-order valence-corrected chi connectivity index (χ4v) is 9.67. The highest BCUT2D eigenvalue weighted by Gasteiger charge is 2.40. The molecule has 4 heterocycles. The molecule has 3 aliphatic heterocycles. The largest absolute Gasteiger partial charge is 0.387 e. The molecule has 1 unspecified atom stereocenters. The normalized spacial score (nSPS) is 20.4. The van der Waals surface area contributed by atoms with Gasteiger partial charge in [0.05, 0.1) is 17.7 Å². The van der Waals surface area contributed by atoms with E-state index >= 15 is 0 Å². The molecule has 3 aromatic rings. The Labute approximate surface area is 364 Å². The molecule has 4 atom stereocenters. The Morgan fingerprint density at radius 2 is 1.61 bits per heavy atom. The molecule has 13 nitrogen and oxygen atoms in total. The van der Waals surface area contributed by atoms with E-state index in [1.54, 1.807) is 11.0 Å². The van der Waals surface area contributed by atoms with E-state index in [9.17, 15) is 29.1 Å². The quantitative estimate of drug-likeness (QED) is 0.0781. The molecule has 1 aliphatic carbocycles. The highest BCUT2D eigenvalue weighted by Crippen LogP contribution is 2.43. The van der Waals surface area contributed by atoms with Gasteiger partial charge >= 0.3 is 0 Å². The second kappa shape index (κ2) is 20.8. The fraction of sp³-hybridized carbons (Fsp3) is 0.553. The lowest BCUT2D eigenvalue weighted by Gasteiger charge is -2.38. The molecule has 7 rings (SSSR count). The van der Waals surface area contributed by atoms with Crippen LogP contribution in [-0.4, -0.2) is 93.1 Å². The zero-order valence-corrected chi connectivity index (χ0v) is 36.1. The molecule has 14 heteroatoms. The van der Waals surface area contributed by atoms with Crippen LogP contribution in [0.15, 0.2) is 48.8 Å². The highest BCUT2D eigenvalue weighted by atomic mass is 35.5. The Morgan fingerprint density at radius 1 is 0.902 bits per heavy atom. The number of nitrogens with one attached hydrogen (secondary N) is 2. The predicted molar refractivity (Wildman–Crippen MR) is 234 cm³/mol. The third-order valence-corrected chi connectivity index (χ3v) is 13.2. The van der Waals surface area contributed by atoms with Gasteiger partial charge in [-0.25, -0.2) is 9.97 Å². The van der Waals surface area contributed by atoms with E-state index in [4.69, 9.17) is 11.6 Å². The van der Waals surface area contributed by atoms with Crippen LogP contribution in [0.4, 0.5) is 11.5 Å². The van der Waals surface area contributed by atoms with Crippen LogP contribution in [0.3, 0.4) is 0 Å². The van der Waals surface area contributed by atoms with Gasteiger partial charge in [0.15, 0.2) is 0 Å². The van der Waals surface area contributed by atoms with Gasteiger partial charge in [-0.05, 0) is 74.3 Å². The first-order valence-corrected chi connectivity index (χ1v) is 22.8. The van der Waals surface area contributed by atoms with E-state index in [0.29, 0.717) is 81.2 Å². The van der Waals surface area contributed by atoms with Crippen molar-refractivity contribution in [2.45, 2.75) is 134 Å². The summed E-state index contributed by atoms with van der Waals surface area (Å²) < 4.78 is 0. The molecule has 0 spiro atoms. The van der Waals surface area contributed by atoms with Crippen molar-refractivity contribution in [1.29, 1.82) is 0 Å². The molecule has 0 bridgehead atoms. The zero-order valence-electron chi connectivity index (χ0n) is 35.4. The van der Waals surface area contributed by atoms with Crippen molar-refractivity contribution in [2.75, 3.05) is 42.9 Å². The second-order valence-corrected chi connectivity index (χ2v) is 17.7. The predicted octanol–water partition coefficient (Wildman–Crippen LogP) is 7.23. The minimum atomic E-state index is -0.619. The maximum Gasteiger partial charge on any atom is 0.255 e. The van der Waals surface area contributed by atoms with Gasteiger partial charge in [0.2, 0.25) is 17.7 Å². The van der Waals surface area contributed by atoms with Gasteiger partial charge in [-0.2, -0.15) is 0 Å². The lowest BCUT2D eigenvalue weighted by atomic mass is 9.91. The van der Waals surface area contributed by atoms with Crippen molar-refractivity contribution in [3.05, 3.63) is 81.8 Å². The summed E-state index contributed by atoms with van der Waals surface area (Å²) in [5, 5.41) is 17.0. The minimum Gasteiger partial charge on any atom is -0.387 e. The van der Waals surface area contributed by atoms with Gasteiger partial charge in [0.25, 0.3) is 5.91 Å². The molecule has 61 heavy (non-hydrogen) atoms. The number of aliphatic hydroxyl groups excluding tert-OH is 1. The molecule has 0 saturated carbocycles. The van der Waals surface area contributed by atoms with Crippen LogP contribution in [0.5, 0.6) is 0 Å². The molecule has 2 fully saturated rings. The van der Waals surface area contributed by atoms with Crippen molar-refractivity contribution in [3.63, 3.8) is 0 Å². The van der Waals surface area contributed by atoms with Gasteiger partial charge in [-0.15, -0.1) is 0 Å². The van der Waals surface area contributed by atoms with Crippen LogP contribution < -0.4 is 15.5 Å². The summed E-state index contributed by atoms with van der Waals surface area (Å²) in [6.45, 7) is 5.76. The van der Waals surface area contributed by atoms with Crippen LogP contribution in [0.2, 0.25) is 5.02 Å². The Balaban J connectivity index is 0.759. The number of carbonyl (C=O) groups excluding carboxylic acids is 5. The summed E-state index contributed by atoms with van der Waals surface area (Å²) in [5.74, 6) is 0.314. The number of piperidine rings is 1. The van der Waals surface area contributed by atoms with Gasteiger partial charge in [-0.3, -0.25) is 29.3 Å². The summed E-state index contributed by atoms with van der Waals surface area (Å²) in [5.41, 5.74) is 5.15. The minimum absolute atomic E-state index is 0.110. The summed E-state index contributed by atoms with van der Waals surface area (Å²) >= 11 is 6.21. The van der Waals surface area contributed by atoms with Crippen molar-refractivity contribution < 1.29 is 29.1 Å². The van der Waals surface area contributed by atoms with Crippen molar-refractivity contribution in [3.8, 4) is 0 Å². The number of amides is 4. The number of aliphatic hydroxyl groups is 1. The van der Waals surface area contributed by atoms with Crippen LogP contribution in [0, 0.1) is 0 Å². The van der Waals surface area contributed by atoms with E-state index < -0.39 is 18.1 Å². The Hall–Kier alpha value is -4.88. The lowest BCUT2D eigenvalue weighted by molar-refractivity contribution is -0.137. The number of Topliss-reactive ketones (excluding diaryl/α,β-unsaturated/α-hetero) is 1. The molecule has 326 valence electrons. The number of nitrogens with zero attached hydrogens (tertiary/aromatic N) is 5. The molecule has 0 radical (unpaired) electrons. The van der Waals surface area contributed by atoms with Gasteiger partial charge in [-0.1, -0.05) is 75.2 Å². The molecule has 3 N–H and O–H groups in total. The third-order valence-electron chi connectivity index (χ3n) is 13.0. The van der Waals surface area contributed by atoms with Crippen LogP contribution in [0.25, 0.3) is 0 Å². The van der Waals surface area contributed by atoms with Gasteiger partial charge in [0.1, 0.15) is 24.0 Å². The number of anilines is 2. The number of unbranched alkanes of at least 4 members (excludes halogenated alkanes) is 7. The van der Waals surface area contributed by atoms with Crippen LogP contribution in [-0.2, 0) is 25.7 Å². The van der Waals surface area contributed by atoms with Crippen molar-refractivity contribution >= 4 is 52.5 Å². The molecule has 4 aliphatic rings. The number of ketones is 1. The number of halogens is 1.